The first-order valence-corrected chi connectivity index (χ1v) is 10.1. The van der Waals surface area contributed by atoms with E-state index in [1.807, 2.05) is 25.7 Å². The zero-order valence-electron chi connectivity index (χ0n) is 15.6. The van der Waals surface area contributed by atoms with Crippen LogP contribution in [0.2, 0.25) is 0 Å². The number of carbonyl (C=O) groups excluding carboxylic acids is 1. The zero-order chi connectivity index (χ0) is 18.0. The summed E-state index contributed by atoms with van der Waals surface area (Å²) in [6, 6.07) is 6.64. The summed E-state index contributed by atoms with van der Waals surface area (Å²) < 4.78 is 6.66. The Hall–Kier alpha value is -1.07. The third kappa shape index (κ3) is 5.20. The van der Waals surface area contributed by atoms with Crippen molar-refractivity contribution in [3.05, 3.63) is 33.8 Å². The van der Waals surface area contributed by atoms with Crippen LogP contribution >= 0.6 is 15.9 Å². The molecular formula is C20H29BrN2O2. The number of rotatable bonds is 2. The lowest BCUT2D eigenvalue weighted by Crippen LogP contribution is -2.44. The second kappa shape index (κ2) is 7.67. The van der Waals surface area contributed by atoms with Crippen molar-refractivity contribution in [2.45, 2.75) is 52.2 Å². The Kier molecular flexibility index (Phi) is 5.74. The van der Waals surface area contributed by atoms with Crippen LogP contribution in [0.25, 0.3) is 0 Å². The van der Waals surface area contributed by atoms with Gasteiger partial charge in [0.2, 0.25) is 0 Å². The van der Waals surface area contributed by atoms with Gasteiger partial charge in [0.25, 0.3) is 0 Å². The van der Waals surface area contributed by atoms with Gasteiger partial charge in [0, 0.05) is 37.2 Å². The van der Waals surface area contributed by atoms with Crippen LogP contribution in [-0.2, 0) is 17.7 Å². The van der Waals surface area contributed by atoms with Gasteiger partial charge in [0.05, 0.1) is 0 Å². The number of carbonyl (C=O) groups is 1. The van der Waals surface area contributed by atoms with Crippen molar-refractivity contribution >= 4 is 22.0 Å². The summed E-state index contributed by atoms with van der Waals surface area (Å²) in [5.41, 5.74) is 2.52. The number of piperidine rings is 1. The first-order chi connectivity index (χ1) is 11.8. The van der Waals surface area contributed by atoms with Crippen molar-refractivity contribution in [2.24, 2.45) is 5.92 Å². The third-order valence-corrected chi connectivity index (χ3v) is 5.54. The highest BCUT2D eigenvalue weighted by Crippen LogP contribution is 2.26. The standard InChI is InChI=1S/C20H29BrN2O2/c1-20(2,3)25-19(24)23-10-6-15(7-11-23)13-22-9-8-16-12-18(21)5-4-17(16)14-22/h4-5,12,15H,6-11,13-14H2,1-3H3. The van der Waals surface area contributed by atoms with Gasteiger partial charge < -0.3 is 9.64 Å². The average molecular weight is 409 g/mol. The molecule has 0 unspecified atom stereocenters. The van der Waals surface area contributed by atoms with Crippen molar-refractivity contribution < 1.29 is 9.53 Å². The molecule has 1 aromatic rings. The number of benzene rings is 1. The van der Waals surface area contributed by atoms with Crippen LogP contribution in [-0.4, -0.2) is 47.7 Å². The molecule has 2 aliphatic heterocycles. The van der Waals surface area contributed by atoms with Gasteiger partial charge in [-0.25, -0.2) is 4.79 Å². The molecule has 25 heavy (non-hydrogen) atoms. The molecule has 0 aromatic heterocycles. The van der Waals surface area contributed by atoms with Crippen LogP contribution in [0.1, 0.15) is 44.7 Å². The van der Waals surface area contributed by atoms with Crippen LogP contribution in [0, 0.1) is 5.92 Å². The van der Waals surface area contributed by atoms with Crippen LogP contribution in [0.15, 0.2) is 22.7 Å². The van der Waals surface area contributed by atoms with Gasteiger partial charge in [-0.15, -0.1) is 0 Å². The van der Waals surface area contributed by atoms with Gasteiger partial charge in [-0.05, 0) is 69.2 Å². The molecule has 1 saturated heterocycles. The maximum Gasteiger partial charge on any atom is 0.410 e. The smallest absolute Gasteiger partial charge is 0.410 e. The summed E-state index contributed by atoms with van der Waals surface area (Å²) in [5, 5.41) is 0. The molecule has 2 aliphatic rings. The molecule has 0 saturated carbocycles. The monoisotopic (exact) mass is 408 g/mol. The van der Waals surface area contributed by atoms with E-state index in [-0.39, 0.29) is 6.09 Å². The number of likely N-dealkylation sites (tertiary alicyclic amines) is 1. The lowest BCUT2D eigenvalue weighted by molar-refractivity contribution is 0.0167. The van der Waals surface area contributed by atoms with Crippen LogP contribution < -0.4 is 0 Å². The van der Waals surface area contributed by atoms with E-state index in [0.29, 0.717) is 5.92 Å². The highest BCUT2D eigenvalue weighted by molar-refractivity contribution is 9.10. The first kappa shape index (κ1) is 18.7. The normalized spacial score (nSPS) is 19.6. The van der Waals surface area contributed by atoms with Crippen molar-refractivity contribution in [1.82, 2.24) is 9.80 Å². The Morgan fingerprint density at radius 1 is 1.20 bits per heavy atom. The summed E-state index contributed by atoms with van der Waals surface area (Å²) in [5.74, 6) is 0.677. The highest BCUT2D eigenvalue weighted by atomic mass is 79.9. The maximum atomic E-state index is 12.2. The minimum atomic E-state index is -0.413. The first-order valence-electron chi connectivity index (χ1n) is 9.28. The van der Waals surface area contributed by atoms with Crippen LogP contribution in [0.5, 0.6) is 0 Å². The SMILES string of the molecule is CC(C)(C)OC(=O)N1CCC(CN2CCc3cc(Br)ccc3C2)CC1. The van der Waals surface area contributed by atoms with E-state index < -0.39 is 5.60 Å². The molecule has 0 N–H and O–H groups in total. The van der Waals surface area contributed by atoms with E-state index in [1.54, 1.807) is 0 Å². The molecule has 2 heterocycles. The number of halogens is 1. The Bertz CT molecular complexity index is 619. The summed E-state index contributed by atoms with van der Waals surface area (Å²) in [6.07, 6.45) is 3.11. The van der Waals surface area contributed by atoms with Crippen molar-refractivity contribution in [3.63, 3.8) is 0 Å². The molecule has 0 atom stereocenters. The van der Waals surface area contributed by atoms with Crippen molar-refractivity contribution in [1.29, 1.82) is 0 Å². The lowest BCUT2D eigenvalue weighted by Gasteiger charge is -2.37. The Balaban J connectivity index is 1.47. The number of ether oxygens (including phenoxy) is 1. The Labute approximate surface area is 159 Å². The molecule has 5 heteroatoms. The molecule has 0 spiro atoms. The quantitative estimate of drug-likeness (QED) is 0.724. The lowest BCUT2D eigenvalue weighted by atomic mass is 9.94. The third-order valence-electron chi connectivity index (χ3n) is 5.04. The minimum Gasteiger partial charge on any atom is -0.444 e. The summed E-state index contributed by atoms with van der Waals surface area (Å²) in [4.78, 5) is 16.6. The van der Waals surface area contributed by atoms with E-state index in [9.17, 15) is 4.79 Å². The molecule has 4 nitrogen and oxygen atoms in total. The molecule has 1 fully saturated rings. The van der Waals surface area contributed by atoms with Crippen LogP contribution in [0.4, 0.5) is 4.79 Å². The molecule has 3 rings (SSSR count). The van der Waals surface area contributed by atoms with E-state index in [2.05, 4.69) is 39.0 Å². The molecular weight excluding hydrogens is 380 g/mol. The summed E-state index contributed by atoms with van der Waals surface area (Å²) in [6.45, 7) is 10.7. The van der Waals surface area contributed by atoms with Gasteiger partial charge >= 0.3 is 6.09 Å². The summed E-state index contributed by atoms with van der Waals surface area (Å²) >= 11 is 3.56. The van der Waals surface area contributed by atoms with Gasteiger partial charge in [0.15, 0.2) is 0 Å². The van der Waals surface area contributed by atoms with Gasteiger partial charge in [0.1, 0.15) is 5.60 Å². The largest absolute Gasteiger partial charge is 0.444 e. The topological polar surface area (TPSA) is 32.8 Å². The second-order valence-corrected chi connectivity index (χ2v) is 9.22. The van der Waals surface area contributed by atoms with Gasteiger partial charge in [-0.2, -0.15) is 0 Å². The van der Waals surface area contributed by atoms with Gasteiger partial charge in [-0.1, -0.05) is 22.0 Å². The van der Waals surface area contributed by atoms with Crippen LogP contribution in [0.3, 0.4) is 0 Å². The number of amides is 1. The molecule has 0 aliphatic carbocycles. The predicted octanol–water partition coefficient (Wildman–Crippen LogP) is 4.45. The van der Waals surface area contributed by atoms with Crippen molar-refractivity contribution in [2.75, 3.05) is 26.2 Å². The second-order valence-electron chi connectivity index (χ2n) is 8.31. The average Bonchev–Trinajstić information content (AvgIpc) is 2.54. The molecule has 0 bridgehead atoms. The van der Waals surface area contributed by atoms with E-state index in [0.717, 1.165) is 52.0 Å². The molecule has 138 valence electrons. The van der Waals surface area contributed by atoms with E-state index in [4.69, 9.17) is 4.74 Å². The molecule has 0 radical (unpaired) electrons. The minimum absolute atomic E-state index is 0.163. The number of hydrogen-bond donors (Lipinski definition) is 0. The fourth-order valence-corrected chi connectivity index (χ4v) is 4.13. The van der Waals surface area contributed by atoms with E-state index in [1.165, 1.54) is 15.6 Å². The molecule has 1 amide bonds. The van der Waals surface area contributed by atoms with Gasteiger partial charge in [-0.3, -0.25) is 4.90 Å². The Morgan fingerprint density at radius 2 is 1.92 bits per heavy atom. The van der Waals surface area contributed by atoms with E-state index >= 15 is 0 Å². The highest BCUT2D eigenvalue weighted by Gasteiger charge is 2.28. The maximum absolute atomic E-state index is 12.2. The zero-order valence-corrected chi connectivity index (χ0v) is 17.1. The Morgan fingerprint density at radius 3 is 2.60 bits per heavy atom. The number of hydrogen-bond acceptors (Lipinski definition) is 3. The van der Waals surface area contributed by atoms with Crippen molar-refractivity contribution in [3.8, 4) is 0 Å². The number of fused-ring (bicyclic) bond motifs is 1. The fourth-order valence-electron chi connectivity index (χ4n) is 3.73. The number of nitrogens with zero attached hydrogens (tertiary/aromatic N) is 2. The fraction of sp³-hybridized carbons (Fsp3) is 0.650. The summed E-state index contributed by atoms with van der Waals surface area (Å²) in [7, 11) is 0. The predicted molar refractivity (Wildman–Crippen MR) is 104 cm³/mol. The molecule has 1 aromatic carbocycles.